The van der Waals surface area contributed by atoms with Gasteiger partial charge in [0, 0.05) is 25.9 Å². The van der Waals surface area contributed by atoms with Crippen LogP contribution in [0.2, 0.25) is 0 Å². The zero-order valence-electron chi connectivity index (χ0n) is 34.0. The lowest BCUT2D eigenvalue weighted by Crippen LogP contribution is -2.32. The number of nitrogens with zero attached hydrogens (tertiary/aromatic N) is 2. The SMILES string of the molecule is CCCCCCCCCCCOC(=O)CCCCCN(CCC)CCCCCCCC(=O)N(CCCCCCCC)CCCCCCCC. The van der Waals surface area contributed by atoms with Crippen molar-refractivity contribution >= 4 is 11.9 Å². The third kappa shape index (κ3) is 35.1. The minimum absolute atomic E-state index is 0.00463. The van der Waals surface area contributed by atoms with E-state index in [0.717, 1.165) is 51.7 Å². The molecule has 49 heavy (non-hydrogen) atoms. The number of amides is 1. The van der Waals surface area contributed by atoms with Crippen molar-refractivity contribution in [3.8, 4) is 0 Å². The van der Waals surface area contributed by atoms with Crippen molar-refractivity contribution in [1.29, 1.82) is 0 Å². The second-order valence-electron chi connectivity index (χ2n) is 15.1. The quantitative estimate of drug-likeness (QED) is 0.0474. The lowest BCUT2D eigenvalue weighted by atomic mass is 10.1. The van der Waals surface area contributed by atoms with Gasteiger partial charge in [-0.1, -0.05) is 169 Å². The molecule has 0 rings (SSSR count). The van der Waals surface area contributed by atoms with Crippen LogP contribution in [0, 0.1) is 0 Å². The Balaban J connectivity index is 3.99. The van der Waals surface area contributed by atoms with Gasteiger partial charge in [-0.3, -0.25) is 9.59 Å². The molecule has 292 valence electrons. The average molecular weight is 693 g/mol. The Labute approximate surface area is 307 Å². The van der Waals surface area contributed by atoms with Crippen molar-refractivity contribution in [3.63, 3.8) is 0 Å². The van der Waals surface area contributed by atoms with Crippen molar-refractivity contribution in [2.75, 3.05) is 39.3 Å². The molecule has 0 bridgehead atoms. The first-order valence-electron chi connectivity index (χ1n) is 22.2. The number of hydrogen-bond acceptors (Lipinski definition) is 4. The Kier molecular flexibility index (Phi) is 38.8. The predicted octanol–water partition coefficient (Wildman–Crippen LogP) is 13.2. The van der Waals surface area contributed by atoms with Crippen molar-refractivity contribution in [3.05, 3.63) is 0 Å². The Morgan fingerprint density at radius 3 is 1.20 bits per heavy atom. The molecule has 1 amide bonds. The van der Waals surface area contributed by atoms with Gasteiger partial charge in [0.05, 0.1) is 6.61 Å². The molecule has 0 saturated heterocycles. The van der Waals surface area contributed by atoms with E-state index in [1.54, 1.807) is 0 Å². The lowest BCUT2D eigenvalue weighted by molar-refractivity contribution is -0.144. The zero-order chi connectivity index (χ0) is 35.9. The maximum absolute atomic E-state index is 13.1. The summed E-state index contributed by atoms with van der Waals surface area (Å²) in [7, 11) is 0. The number of hydrogen-bond donors (Lipinski definition) is 0. The Bertz CT molecular complexity index is 669. The molecule has 0 aromatic rings. The molecule has 0 aromatic carbocycles. The summed E-state index contributed by atoms with van der Waals surface area (Å²) in [6.07, 6.45) is 38.8. The fourth-order valence-electron chi connectivity index (χ4n) is 6.93. The summed E-state index contributed by atoms with van der Waals surface area (Å²) < 4.78 is 5.48. The van der Waals surface area contributed by atoms with E-state index in [9.17, 15) is 9.59 Å². The third-order valence-electron chi connectivity index (χ3n) is 10.2. The van der Waals surface area contributed by atoms with Crippen LogP contribution in [0.3, 0.4) is 0 Å². The summed E-state index contributed by atoms with van der Waals surface area (Å²) in [4.78, 5) is 30.1. The molecule has 0 aliphatic carbocycles. The van der Waals surface area contributed by atoms with Crippen LogP contribution < -0.4 is 0 Å². The molecular weight excluding hydrogens is 604 g/mol. The van der Waals surface area contributed by atoms with E-state index in [4.69, 9.17) is 4.74 Å². The number of carbonyl (C=O) groups is 2. The number of ether oxygens (including phenoxy) is 1. The van der Waals surface area contributed by atoms with Gasteiger partial charge in [0.1, 0.15) is 0 Å². The molecule has 0 unspecified atom stereocenters. The van der Waals surface area contributed by atoms with Crippen LogP contribution in [0.25, 0.3) is 0 Å². The molecule has 0 aliphatic rings. The second-order valence-corrected chi connectivity index (χ2v) is 15.1. The molecule has 0 heterocycles. The molecule has 5 heteroatoms. The third-order valence-corrected chi connectivity index (χ3v) is 10.2. The van der Waals surface area contributed by atoms with Crippen LogP contribution in [-0.2, 0) is 14.3 Å². The average Bonchev–Trinajstić information content (AvgIpc) is 3.10. The van der Waals surface area contributed by atoms with Gasteiger partial charge in [-0.25, -0.2) is 0 Å². The molecular formula is C44H88N2O3. The van der Waals surface area contributed by atoms with E-state index < -0.39 is 0 Å². The summed E-state index contributed by atoms with van der Waals surface area (Å²) >= 11 is 0. The summed E-state index contributed by atoms with van der Waals surface area (Å²) in [5.41, 5.74) is 0. The second kappa shape index (κ2) is 39.7. The highest BCUT2D eigenvalue weighted by atomic mass is 16.5. The highest BCUT2D eigenvalue weighted by Crippen LogP contribution is 2.14. The topological polar surface area (TPSA) is 49.9 Å². The maximum atomic E-state index is 13.1. The van der Waals surface area contributed by atoms with E-state index in [0.29, 0.717) is 18.9 Å². The van der Waals surface area contributed by atoms with E-state index in [2.05, 4.69) is 37.5 Å². The van der Waals surface area contributed by atoms with Crippen LogP contribution in [0.4, 0.5) is 0 Å². The highest BCUT2D eigenvalue weighted by molar-refractivity contribution is 5.76. The van der Waals surface area contributed by atoms with Gasteiger partial charge in [0.2, 0.25) is 5.91 Å². The van der Waals surface area contributed by atoms with Gasteiger partial charge < -0.3 is 14.5 Å². The molecule has 0 aromatic heterocycles. The first kappa shape index (κ1) is 47.9. The van der Waals surface area contributed by atoms with Gasteiger partial charge in [-0.2, -0.15) is 0 Å². The maximum Gasteiger partial charge on any atom is 0.305 e. The molecule has 0 radical (unpaired) electrons. The molecule has 0 spiro atoms. The normalized spacial score (nSPS) is 11.4. The van der Waals surface area contributed by atoms with Gasteiger partial charge in [-0.15, -0.1) is 0 Å². The Morgan fingerprint density at radius 1 is 0.367 bits per heavy atom. The minimum atomic E-state index is -0.00463. The van der Waals surface area contributed by atoms with Crippen LogP contribution >= 0.6 is 0 Å². The van der Waals surface area contributed by atoms with Gasteiger partial charge >= 0.3 is 5.97 Å². The van der Waals surface area contributed by atoms with Crippen LogP contribution in [-0.4, -0.2) is 61.0 Å². The van der Waals surface area contributed by atoms with Crippen LogP contribution in [0.15, 0.2) is 0 Å². The first-order chi connectivity index (χ1) is 24.1. The molecule has 0 fully saturated rings. The Hall–Kier alpha value is -1.10. The van der Waals surface area contributed by atoms with Gasteiger partial charge in [0.15, 0.2) is 0 Å². The number of esters is 1. The highest BCUT2D eigenvalue weighted by Gasteiger charge is 2.13. The predicted molar refractivity (Wildman–Crippen MR) is 214 cm³/mol. The van der Waals surface area contributed by atoms with Crippen molar-refractivity contribution in [2.24, 2.45) is 0 Å². The number of unbranched alkanes of at least 4 members (excludes halogenated alkanes) is 24. The van der Waals surface area contributed by atoms with Crippen LogP contribution in [0.1, 0.15) is 233 Å². The molecule has 0 aliphatic heterocycles. The Morgan fingerprint density at radius 2 is 0.735 bits per heavy atom. The lowest BCUT2D eigenvalue weighted by Gasteiger charge is -2.23. The van der Waals surface area contributed by atoms with Crippen molar-refractivity contribution in [2.45, 2.75) is 233 Å². The zero-order valence-corrected chi connectivity index (χ0v) is 34.0. The summed E-state index contributed by atoms with van der Waals surface area (Å²) in [5.74, 6) is 0.401. The van der Waals surface area contributed by atoms with Gasteiger partial charge in [0.25, 0.3) is 0 Å². The van der Waals surface area contributed by atoms with E-state index >= 15 is 0 Å². The summed E-state index contributed by atoms with van der Waals surface area (Å²) in [5, 5.41) is 0. The molecule has 0 saturated carbocycles. The van der Waals surface area contributed by atoms with E-state index in [-0.39, 0.29) is 5.97 Å². The van der Waals surface area contributed by atoms with Crippen LogP contribution in [0.5, 0.6) is 0 Å². The molecule has 0 N–H and O–H groups in total. The first-order valence-corrected chi connectivity index (χ1v) is 22.2. The number of carbonyl (C=O) groups excluding carboxylic acids is 2. The minimum Gasteiger partial charge on any atom is -0.466 e. The van der Waals surface area contributed by atoms with Crippen molar-refractivity contribution < 1.29 is 14.3 Å². The van der Waals surface area contributed by atoms with E-state index in [1.165, 1.54) is 180 Å². The largest absolute Gasteiger partial charge is 0.466 e. The van der Waals surface area contributed by atoms with Crippen molar-refractivity contribution in [1.82, 2.24) is 9.80 Å². The fraction of sp³-hybridized carbons (Fsp3) is 0.955. The standard InChI is InChI=1S/C44H88N2O3/c1-5-9-12-15-18-19-20-26-34-42-49-44(48)36-29-27-31-39-45(37-8-4)38-30-23-21-22-28-35-43(47)46(40-32-24-16-13-10-6-2)41-33-25-17-14-11-7-3/h5-42H2,1-4H3. The molecule has 5 nitrogen and oxygen atoms in total. The smallest absolute Gasteiger partial charge is 0.305 e. The number of rotatable bonds is 40. The summed E-state index contributed by atoms with van der Waals surface area (Å²) in [6.45, 7) is 15.1. The fourth-order valence-corrected chi connectivity index (χ4v) is 6.93. The molecule has 0 atom stereocenters. The van der Waals surface area contributed by atoms with E-state index in [1.807, 2.05) is 0 Å². The summed E-state index contributed by atoms with van der Waals surface area (Å²) in [6, 6.07) is 0. The monoisotopic (exact) mass is 693 g/mol. The van der Waals surface area contributed by atoms with Gasteiger partial charge in [-0.05, 0) is 71.0 Å².